The Kier molecular flexibility index (Phi) is 5.38. The predicted octanol–water partition coefficient (Wildman–Crippen LogP) is 3.07. The molecule has 0 amide bonds. The Labute approximate surface area is 112 Å². The summed E-state index contributed by atoms with van der Waals surface area (Å²) in [6.07, 6.45) is -0.706. The summed E-state index contributed by atoms with van der Waals surface area (Å²) < 4.78 is 18.8. The van der Waals surface area contributed by atoms with Gasteiger partial charge < -0.3 is 15.2 Å². The minimum absolute atomic E-state index is 0.193. The number of ether oxygens (including phenoxy) is 1. The topological polar surface area (TPSA) is 41.5 Å². The third-order valence-electron chi connectivity index (χ3n) is 2.17. The Hall–Kier alpha value is -0.840. The number of nitrogens with one attached hydrogen (secondary N) is 1. The molecule has 0 saturated heterocycles. The highest BCUT2D eigenvalue weighted by Crippen LogP contribution is 2.19. The van der Waals surface area contributed by atoms with Crippen molar-refractivity contribution in [1.82, 2.24) is 0 Å². The Morgan fingerprint density at radius 1 is 1.44 bits per heavy atom. The van der Waals surface area contributed by atoms with E-state index in [-0.39, 0.29) is 24.4 Å². The van der Waals surface area contributed by atoms with Gasteiger partial charge in [-0.05, 0) is 39.0 Å². The fourth-order valence-electron chi connectivity index (χ4n) is 1.27. The fraction of sp³-hybridized carbons (Fsp3) is 0.538. The van der Waals surface area contributed by atoms with Gasteiger partial charge in [-0.3, -0.25) is 0 Å². The molecule has 0 aliphatic rings. The van der Waals surface area contributed by atoms with Crippen molar-refractivity contribution in [2.75, 3.05) is 18.5 Å². The first-order valence-corrected chi connectivity index (χ1v) is 6.17. The molecule has 1 rings (SSSR count). The maximum atomic E-state index is 13.4. The van der Waals surface area contributed by atoms with Crippen LogP contribution in [-0.4, -0.2) is 30.0 Å². The van der Waals surface area contributed by atoms with E-state index in [1.165, 1.54) is 18.2 Å². The van der Waals surface area contributed by atoms with Crippen LogP contribution in [0.1, 0.15) is 20.8 Å². The van der Waals surface area contributed by atoms with Gasteiger partial charge >= 0.3 is 0 Å². The van der Waals surface area contributed by atoms with Crippen LogP contribution in [0.5, 0.6) is 0 Å². The number of aliphatic hydroxyl groups excluding tert-OH is 1. The van der Waals surface area contributed by atoms with Crippen LogP contribution >= 0.6 is 11.6 Å². The van der Waals surface area contributed by atoms with E-state index in [0.717, 1.165) is 0 Å². The van der Waals surface area contributed by atoms with E-state index in [2.05, 4.69) is 5.32 Å². The number of anilines is 1. The monoisotopic (exact) mass is 275 g/mol. The Morgan fingerprint density at radius 3 is 2.72 bits per heavy atom. The molecule has 5 heteroatoms. The van der Waals surface area contributed by atoms with Gasteiger partial charge in [-0.1, -0.05) is 11.6 Å². The van der Waals surface area contributed by atoms with Crippen LogP contribution in [0.15, 0.2) is 18.2 Å². The summed E-state index contributed by atoms with van der Waals surface area (Å²) in [6, 6.07) is 4.23. The Morgan fingerprint density at radius 2 is 2.11 bits per heavy atom. The molecular weight excluding hydrogens is 257 g/mol. The van der Waals surface area contributed by atoms with Crippen molar-refractivity contribution in [2.45, 2.75) is 32.5 Å². The van der Waals surface area contributed by atoms with Crippen LogP contribution < -0.4 is 5.32 Å². The normalized spacial score (nSPS) is 13.4. The van der Waals surface area contributed by atoms with Crippen molar-refractivity contribution >= 4 is 17.3 Å². The van der Waals surface area contributed by atoms with Crippen LogP contribution in [0, 0.1) is 5.82 Å². The second-order valence-electron chi connectivity index (χ2n) is 5.08. The van der Waals surface area contributed by atoms with Gasteiger partial charge in [0.2, 0.25) is 0 Å². The summed E-state index contributed by atoms with van der Waals surface area (Å²) in [6.45, 7) is 6.11. The van der Waals surface area contributed by atoms with Gasteiger partial charge in [0.1, 0.15) is 5.82 Å². The van der Waals surface area contributed by atoms with Crippen LogP contribution in [0.4, 0.5) is 10.1 Å². The Bertz CT molecular complexity index is 393. The van der Waals surface area contributed by atoms with Crippen molar-refractivity contribution < 1.29 is 14.2 Å². The zero-order valence-corrected chi connectivity index (χ0v) is 11.6. The first kappa shape index (κ1) is 15.2. The average Bonchev–Trinajstić information content (AvgIpc) is 2.26. The predicted molar refractivity (Wildman–Crippen MR) is 71.6 cm³/mol. The number of aliphatic hydroxyl groups is 1. The molecule has 0 heterocycles. The van der Waals surface area contributed by atoms with E-state index < -0.39 is 11.9 Å². The van der Waals surface area contributed by atoms with Gasteiger partial charge in [-0.15, -0.1) is 0 Å². The largest absolute Gasteiger partial charge is 0.389 e. The van der Waals surface area contributed by atoms with Crippen molar-refractivity contribution in [1.29, 1.82) is 0 Å². The van der Waals surface area contributed by atoms with E-state index in [9.17, 15) is 9.50 Å². The van der Waals surface area contributed by atoms with E-state index in [0.29, 0.717) is 5.02 Å². The molecule has 1 unspecified atom stereocenters. The molecule has 18 heavy (non-hydrogen) atoms. The van der Waals surface area contributed by atoms with Gasteiger partial charge in [0.25, 0.3) is 0 Å². The number of halogens is 2. The molecule has 102 valence electrons. The highest BCUT2D eigenvalue weighted by molar-refractivity contribution is 6.30. The molecule has 3 nitrogen and oxygen atoms in total. The van der Waals surface area contributed by atoms with Crippen molar-refractivity contribution in [3.05, 3.63) is 29.0 Å². The summed E-state index contributed by atoms with van der Waals surface area (Å²) in [5.74, 6) is -0.400. The van der Waals surface area contributed by atoms with Gasteiger partial charge in [-0.2, -0.15) is 0 Å². The highest BCUT2D eigenvalue weighted by Gasteiger charge is 2.14. The minimum atomic E-state index is -0.706. The molecule has 0 saturated carbocycles. The van der Waals surface area contributed by atoms with Crippen molar-refractivity contribution in [3.8, 4) is 0 Å². The summed E-state index contributed by atoms with van der Waals surface area (Å²) in [4.78, 5) is 0. The van der Waals surface area contributed by atoms with E-state index >= 15 is 0 Å². The van der Waals surface area contributed by atoms with Crippen LogP contribution in [0.3, 0.4) is 0 Å². The van der Waals surface area contributed by atoms with Gasteiger partial charge in [-0.25, -0.2) is 4.39 Å². The first-order valence-electron chi connectivity index (χ1n) is 5.79. The quantitative estimate of drug-likeness (QED) is 0.868. The second kappa shape index (κ2) is 6.36. The molecule has 0 aliphatic heterocycles. The SMILES string of the molecule is CC(C)(C)OCC(O)CNc1cc(Cl)ccc1F. The number of rotatable bonds is 5. The number of benzene rings is 1. The lowest BCUT2D eigenvalue weighted by Gasteiger charge is -2.22. The zero-order chi connectivity index (χ0) is 13.8. The first-order chi connectivity index (χ1) is 8.28. The molecule has 2 N–H and O–H groups in total. The van der Waals surface area contributed by atoms with Gasteiger partial charge in [0.15, 0.2) is 0 Å². The summed E-state index contributed by atoms with van der Waals surface area (Å²) in [5, 5.41) is 12.9. The lowest BCUT2D eigenvalue weighted by molar-refractivity contribution is -0.0449. The van der Waals surface area contributed by atoms with E-state index in [4.69, 9.17) is 16.3 Å². The standard InChI is InChI=1S/C13H19ClFNO2/c1-13(2,3)18-8-10(17)7-16-12-6-9(14)4-5-11(12)15/h4-6,10,16-17H,7-8H2,1-3H3. The lowest BCUT2D eigenvalue weighted by atomic mass is 10.2. The number of hydrogen-bond acceptors (Lipinski definition) is 3. The molecule has 0 spiro atoms. The summed E-state index contributed by atoms with van der Waals surface area (Å²) >= 11 is 5.76. The molecule has 0 aliphatic carbocycles. The molecule has 1 aromatic rings. The zero-order valence-electron chi connectivity index (χ0n) is 10.8. The molecular formula is C13H19ClFNO2. The van der Waals surface area contributed by atoms with Crippen LogP contribution in [0.25, 0.3) is 0 Å². The summed E-state index contributed by atoms with van der Waals surface area (Å²) in [7, 11) is 0. The molecule has 1 aromatic carbocycles. The number of hydrogen-bond donors (Lipinski definition) is 2. The maximum absolute atomic E-state index is 13.4. The van der Waals surface area contributed by atoms with Crippen molar-refractivity contribution in [3.63, 3.8) is 0 Å². The van der Waals surface area contributed by atoms with Crippen LogP contribution in [0.2, 0.25) is 5.02 Å². The third-order valence-corrected chi connectivity index (χ3v) is 2.40. The van der Waals surface area contributed by atoms with E-state index in [1.807, 2.05) is 20.8 Å². The minimum Gasteiger partial charge on any atom is -0.389 e. The third kappa shape index (κ3) is 5.67. The maximum Gasteiger partial charge on any atom is 0.146 e. The fourth-order valence-corrected chi connectivity index (χ4v) is 1.44. The molecule has 0 fully saturated rings. The van der Waals surface area contributed by atoms with Crippen LogP contribution in [-0.2, 0) is 4.74 Å². The second-order valence-corrected chi connectivity index (χ2v) is 5.52. The highest BCUT2D eigenvalue weighted by atomic mass is 35.5. The molecule has 1 atom stereocenters. The van der Waals surface area contributed by atoms with Crippen molar-refractivity contribution in [2.24, 2.45) is 0 Å². The van der Waals surface area contributed by atoms with Gasteiger partial charge in [0, 0.05) is 11.6 Å². The molecule has 0 radical (unpaired) electrons. The smallest absolute Gasteiger partial charge is 0.146 e. The van der Waals surface area contributed by atoms with E-state index in [1.54, 1.807) is 0 Å². The van der Waals surface area contributed by atoms with Gasteiger partial charge in [0.05, 0.1) is 24.0 Å². The summed E-state index contributed by atoms with van der Waals surface area (Å²) in [5.41, 5.74) is -0.0280. The molecule has 0 bridgehead atoms. The average molecular weight is 276 g/mol. The lowest BCUT2D eigenvalue weighted by Crippen LogP contribution is -2.30. The Balaban J connectivity index is 2.42. The molecule has 0 aromatic heterocycles.